The van der Waals surface area contributed by atoms with E-state index in [0.717, 1.165) is 5.56 Å². The third-order valence-corrected chi connectivity index (χ3v) is 4.34. The lowest BCUT2D eigenvalue weighted by Gasteiger charge is -2.13. The lowest BCUT2D eigenvalue weighted by molar-refractivity contribution is 0.324. The lowest BCUT2D eigenvalue weighted by Crippen LogP contribution is -2.14. The molecular weight excluding hydrogens is 360 g/mol. The standard InChI is InChI=1S/C20H18N4O4/c1-26-15-9-13(10-16(27-2)18(15)28-3)19-22-20-21-14(11-17(25)24(20)23-19)12-7-5-4-6-8-12/h4-11H,1-3H3,(H,21,22,23). The van der Waals surface area contributed by atoms with E-state index >= 15 is 0 Å². The van der Waals surface area contributed by atoms with E-state index in [0.29, 0.717) is 34.3 Å². The monoisotopic (exact) mass is 378 g/mol. The van der Waals surface area contributed by atoms with Gasteiger partial charge in [-0.1, -0.05) is 30.3 Å². The summed E-state index contributed by atoms with van der Waals surface area (Å²) in [6.45, 7) is 0. The molecule has 0 spiro atoms. The molecule has 0 aliphatic heterocycles. The van der Waals surface area contributed by atoms with Crippen LogP contribution in [0.1, 0.15) is 0 Å². The number of benzene rings is 2. The van der Waals surface area contributed by atoms with Gasteiger partial charge in [-0.15, -0.1) is 0 Å². The highest BCUT2D eigenvalue weighted by Crippen LogP contribution is 2.40. The van der Waals surface area contributed by atoms with Crippen molar-refractivity contribution >= 4 is 5.78 Å². The van der Waals surface area contributed by atoms with E-state index in [4.69, 9.17) is 14.2 Å². The molecule has 0 bridgehead atoms. The maximum absolute atomic E-state index is 12.5. The molecule has 0 saturated heterocycles. The van der Waals surface area contributed by atoms with E-state index < -0.39 is 0 Å². The first kappa shape index (κ1) is 17.6. The van der Waals surface area contributed by atoms with Gasteiger partial charge in [0, 0.05) is 17.2 Å². The van der Waals surface area contributed by atoms with Gasteiger partial charge in [0.15, 0.2) is 17.3 Å². The van der Waals surface area contributed by atoms with Crippen LogP contribution in [-0.2, 0) is 0 Å². The fraction of sp³-hybridized carbons (Fsp3) is 0.150. The smallest absolute Gasteiger partial charge is 0.274 e. The Morgan fingerprint density at radius 2 is 1.54 bits per heavy atom. The van der Waals surface area contributed by atoms with Crippen molar-refractivity contribution in [3.8, 4) is 39.9 Å². The average molecular weight is 378 g/mol. The van der Waals surface area contributed by atoms with Crippen molar-refractivity contribution in [1.82, 2.24) is 19.6 Å². The highest BCUT2D eigenvalue weighted by molar-refractivity contribution is 5.68. The van der Waals surface area contributed by atoms with Gasteiger partial charge in [0.25, 0.3) is 11.3 Å². The molecule has 0 unspecified atom stereocenters. The molecule has 2 aromatic heterocycles. The van der Waals surface area contributed by atoms with E-state index in [1.54, 1.807) is 12.1 Å². The molecule has 8 nitrogen and oxygen atoms in total. The molecule has 2 aromatic carbocycles. The molecule has 0 aliphatic rings. The molecular formula is C20H18N4O4. The predicted octanol–water partition coefficient (Wildman–Crippen LogP) is 2.78. The van der Waals surface area contributed by atoms with Gasteiger partial charge in [0.2, 0.25) is 5.75 Å². The Morgan fingerprint density at radius 1 is 0.857 bits per heavy atom. The summed E-state index contributed by atoms with van der Waals surface area (Å²) in [5.41, 5.74) is 1.82. The highest BCUT2D eigenvalue weighted by Gasteiger charge is 2.17. The van der Waals surface area contributed by atoms with Crippen molar-refractivity contribution in [2.75, 3.05) is 21.3 Å². The Balaban J connectivity index is 1.87. The zero-order valence-corrected chi connectivity index (χ0v) is 15.6. The molecule has 4 aromatic rings. The van der Waals surface area contributed by atoms with E-state index in [1.807, 2.05) is 30.3 Å². The Bertz CT molecular complexity index is 1170. The SMILES string of the molecule is COc1cc(-c2nc3nc(-c4ccccc4)cc(=O)n3[nH]2)cc(OC)c1OC. The van der Waals surface area contributed by atoms with Crippen LogP contribution in [-0.4, -0.2) is 40.9 Å². The van der Waals surface area contributed by atoms with Crippen LogP contribution in [0.3, 0.4) is 0 Å². The molecule has 1 N–H and O–H groups in total. The van der Waals surface area contributed by atoms with Gasteiger partial charge in [0.05, 0.1) is 27.0 Å². The molecule has 2 heterocycles. The molecule has 0 saturated carbocycles. The van der Waals surface area contributed by atoms with Crippen LogP contribution in [0, 0.1) is 0 Å². The predicted molar refractivity (Wildman–Crippen MR) is 104 cm³/mol. The summed E-state index contributed by atoms with van der Waals surface area (Å²) in [4.78, 5) is 21.5. The van der Waals surface area contributed by atoms with E-state index in [1.165, 1.54) is 31.9 Å². The summed E-state index contributed by atoms with van der Waals surface area (Å²) in [6.07, 6.45) is 0. The van der Waals surface area contributed by atoms with Gasteiger partial charge in [-0.05, 0) is 12.1 Å². The first-order valence-electron chi connectivity index (χ1n) is 8.50. The molecule has 0 radical (unpaired) electrons. The molecule has 0 aliphatic carbocycles. The summed E-state index contributed by atoms with van der Waals surface area (Å²) in [6, 6.07) is 14.5. The van der Waals surface area contributed by atoms with Gasteiger partial charge < -0.3 is 14.2 Å². The fourth-order valence-corrected chi connectivity index (χ4v) is 2.98. The summed E-state index contributed by atoms with van der Waals surface area (Å²) < 4.78 is 17.4. The maximum atomic E-state index is 12.5. The van der Waals surface area contributed by atoms with E-state index in [2.05, 4.69) is 15.1 Å². The number of aromatic nitrogens is 4. The first-order valence-corrected chi connectivity index (χ1v) is 8.50. The molecule has 0 amide bonds. The third-order valence-electron chi connectivity index (χ3n) is 4.34. The Hall–Kier alpha value is -3.81. The van der Waals surface area contributed by atoms with Crippen molar-refractivity contribution < 1.29 is 14.2 Å². The summed E-state index contributed by atoms with van der Waals surface area (Å²) >= 11 is 0. The number of nitrogens with one attached hydrogen (secondary N) is 1. The number of nitrogens with zero attached hydrogens (tertiary/aromatic N) is 3. The van der Waals surface area contributed by atoms with Crippen molar-refractivity contribution in [1.29, 1.82) is 0 Å². The number of hydrogen-bond donors (Lipinski definition) is 1. The molecule has 142 valence electrons. The number of H-pyrrole nitrogens is 1. The summed E-state index contributed by atoms with van der Waals surface area (Å²) in [5, 5.41) is 2.98. The molecule has 28 heavy (non-hydrogen) atoms. The summed E-state index contributed by atoms with van der Waals surface area (Å²) in [5.74, 6) is 2.18. The zero-order chi connectivity index (χ0) is 19.7. The second kappa shape index (κ2) is 7.07. The van der Waals surface area contributed by atoms with Crippen molar-refractivity contribution in [3.63, 3.8) is 0 Å². The number of hydrogen-bond acceptors (Lipinski definition) is 6. The van der Waals surface area contributed by atoms with Crippen LogP contribution in [0.5, 0.6) is 17.2 Å². The number of methoxy groups -OCH3 is 3. The summed E-state index contributed by atoms with van der Waals surface area (Å²) in [7, 11) is 4.62. The van der Waals surface area contributed by atoms with E-state index in [-0.39, 0.29) is 11.3 Å². The zero-order valence-electron chi connectivity index (χ0n) is 15.6. The lowest BCUT2D eigenvalue weighted by atomic mass is 10.1. The number of fused-ring (bicyclic) bond motifs is 1. The van der Waals surface area contributed by atoms with Crippen LogP contribution < -0.4 is 19.8 Å². The van der Waals surface area contributed by atoms with Crippen LogP contribution in [0.2, 0.25) is 0 Å². The Labute approximate surface area is 160 Å². The molecule has 0 fully saturated rings. The van der Waals surface area contributed by atoms with Crippen molar-refractivity contribution in [2.24, 2.45) is 0 Å². The minimum absolute atomic E-state index is 0.255. The van der Waals surface area contributed by atoms with Crippen LogP contribution in [0.4, 0.5) is 0 Å². The number of rotatable bonds is 5. The quantitative estimate of drug-likeness (QED) is 0.574. The second-order valence-corrected chi connectivity index (χ2v) is 5.97. The first-order chi connectivity index (χ1) is 13.6. The largest absolute Gasteiger partial charge is 0.493 e. The van der Waals surface area contributed by atoms with Gasteiger partial charge in [-0.3, -0.25) is 9.89 Å². The van der Waals surface area contributed by atoms with Gasteiger partial charge in [-0.2, -0.15) is 9.50 Å². The Kier molecular flexibility index (Phi) is 4.44. The minimum atomic E-state index is -0.255. The van der Waals surface area contributed by atoms with Gasteiger partial charge >= 0.3 is 0 Å². The second-order valence-electron chi connectivity index (χ2n) is 5.97. The van der Waals surface area contributed by atoms with Crippen molar-refractivity contribution in [2.45, 2.75) is 0 Å². The molecule has 4 rings (SSSR count). The third kappa shape index (κ3) is 2.94. The topological polar surface area (TPSA) is 90.7 Å². The van der Waals surface area contributed by atoms with Gasteiger partial charge in [0.1, 0.15) is 0 Å². The van der Waals surface area contributed by atoms with Crippen LogP contribution in [0.25, 0.3) is 28.4 Å². The van der Waals surface area contributed by atoms with Crippen LogP contribution >= 0.6 is 0 Å². The highest BCUT2D eigenvalue weighted by atomic mass is 16.5. The maximum Gasteiger partial charge on any atom is 0.274 e. The average Bonchev–Trinajstić information content (AvgIpc) is 3.18. The minimum Gasteiger partial charge on any atom is -0.493 e. The van der Waals surface area contributed by atoms with Crippen molar-refractivity contribution in [3.05, 3.63) is 58.9 Å². The van der Waals surface area contributed by atoms with Gasteiger partial charge in [-0.25, -0.2) is 4.98 Å². The van der Waals surface area contributed by atoms with E-state index in [9.17, 15) is 4.79 Å². The molecule has 0 atom stereocenters. The fourth-order valence-electron chi connectivity index (χ4n) is 2.98. The van der Waals surface area contributed by atoms with Crippen LogP contribution in [0.15, 0.2) is 53.3 Å². The number of aromatic amines is 1. The normalized spacial score (nSPS) is 10.8. The Morgan fingerprint density at radius 3 is 2.14 bits per heavy atom. The molecule has 8 heteroatoms. The number of ether oxygens (including phenoxy) is 3.